The van der Waals surface area contributed by atoms with Crippen LogP contribution < -0.4 is 15.6 Å². The molecule has 0 unspecified atom stereocenters. The van der Waals surface area contributed by atoms with Gasteiger partial charge in [-0.15, -0.1) is 0 Å². The van der Waals surface area contributed by atoms with Gasteiger partial charge < -0.3 is 10.1 Å². The summed E-state index contributed by atoms with van der Waals surface area (Å²) in [6, 6.07) is 5.58. The molecule has 0 aliphatic carbocycles. The van der Waals surface area contributed by atoms with E-state index in [1.54, 1.807) is 6.07 Å². The molecule has 2 aromatic rings. The number of ether oxygens (including phenoxy) is 1. The van der Waals surface area contributed by atoms with Crippen molar-refractivity contribution in [2.45, 2.75) is 32.7 Å². The van der Waals surface area contributed by atoms with Gasteiger partial charge in [0.05, 0.1) is 24.0 Å². The summed E-state index contributed by atoms with van der Waals surface area (Å²) in [7, 11) is 1.52. The Labute approximate surface area is 155 Å². The number of aromatic nitrogens is 2. The summed E-state index contributed by atoms with van der Waals surface area (Å²) in [6.07, 6.45) is 1.22. The molecule has 2 rings (SSSR count). The lowest BCUT2D eigenvalue weighted by Crippen LogP contribution is -2.30. The Balaban J connectivity index is 2.26. The van der Waals surface area contributed by atoms with E-state index < -0.39 is 11.5 Å². The number of carbonyl (C=O) groups excluding carboxylic acids is 1. The van der Waals surface area contributed by atoms with Gasteiger partial charge in [-0.2, -0.15) is 5.10 Å². The lowest BCUT2D eigenvalue weighted by Gasteiger charge is -2.21. The molecule has 25 heavy (non-hydrogen) atoms. The third-order valence-electron chi connectivity index (χ3n) is 3.58. The fourth-order valence-corrected chi connectivity index (χ4v) is 2.43. The van der Waals surface area contributed by atoms with E-state index in [2.05, 4.69) is 31.2 Å². The third-order valence-corrected chi connectivity index (χ3v) is 4.32. The van der Waals surface area contributed by atoms with Crippen LogP contribution in [0.2, 0.25) is 10.0 Å². The average molecular weight is 384 g/mol. The first kappa shape index (κ1) is 19.3. The molecule has 0 spiro atoms. The Morgan fingerprint density at radius 3 is 2.60 bits per heavy atom. The molecule has 8 heteroatoms. The molecule has 1 amide bonds. The first-order valence-electron chi connectivity index (χ1n) is 7.53. The molecule has 1 N–H and O–H groups in total. The Morgan fingerprint density at radius 1 is 1.32 bits per heavy atom. The molecule has 0 saturated heterocycles. The van der Waals surface area contributed by atoms with Crippen molar-refractivity contribution < 1.29 is 9.53 Å². The van der Waals surface area contributed by atoms with Gasteiger partial charge in [0, 0.05) is 0 Å². The Morgan fingerprint density at radius 2 is 2.00 bits per heavy atom. The van der Waals surface area contributed by atoms with Crippen LogP contribution in [0.4, 0.5) is 5.69 Å². The number of rotatable bonds is 4. The highest BCUT2D eigenvalue weighted by molar-refractivity contribution is 6.41. The zero-order chi connectivity index (χ0) is 18.8. The zero-order valence-corrected chi connectivity index (χ0v) is 15.9. The molecule has 1 aromatic carbocycles. The largest absolute Gasteiger partial charge is 0.495 e. The van der Waals surface area contributed by atoms with Gasteiger partial charge in [0.1, 0.15) is 17.3 Å². The first-order chi connectivity index (χ1) is 11.6. The Kier molecular flexibility index (Phi) is 5.75. The normalized spacial score (nSPS) is 11.3. The van der Waals surface area contributed by atoms with Crippen molar-refractivity contribution in [2.24, 2.45) is 0 Å². The van der Waals surface area contributed by atoms with E-state index in [1.807, 2.05) is 12.1 Å². The number of nitrogens with one attached hydrogen (secondary N) is 1. The number of hydrogen-bond donors (Lipinski definition) is 1. The van der Waals surface area contributed by atoms with E-state index in [4.69, 9.17) is 27.9 Å². The maximum atomic E-state index is 12.3. The lowest BCUT2D eigenvalue weighted by atomic mass is 9.87. The summed E-state index contributed by atoms with van der Waals surface area (Å²) in [5.41, 5.74) is 0.842. The molecular formula is C17H19Cl2N3O3. The van der Waals surface area contributed by atoms with Crippen LogP contribution in [0.3, 0.4) is 0 Å². The monoisotopic (exact) mass is 383 g/mol. The van der Waals surface area contributed by atoms with Crippen LogP contribution >= 0.6 is 23.2 Å². The average Bonchev–Trinajstić information content (AvgIpc) is 2.54. The predicted molar refractivity (Wildman–Crippen MR) is 98.8 cm³/mol. The summed E-state index contributed by atoms with van der Waals surface area (Å²) in [6.45, 7) is 5.91. The van der Waals surface area contributed by atoms with Crippen molar-refractivity contribution in [3.05, 3.63) is 50.4 Å². The van der Waals surface area contributed by atoms with Crippen LogP contribution in [0.1, 0.15) is 26.3 Å². The van der Waals surface area contributed by atoms with Gasteiger partial charge in [0.15, 0.2) is 0 Å². The van der Waals surface area contributed by atoms with E-state index in [0.29, 0.717) is 11.4 Å². The number of carbonyl (C=O) groups is 1. The summed E-state index contributed by atoms with van der Waals surface area (Å²) in [5.74, 6) is 0.0909. The maximum Gasteiger partial charge on any atom is 0.287 e. The van der Waals surface area contributed by atoms with Gasteiger partial charge in [-0.1, -0.05) is 50.0 Å². The van der Waals surface area contributed by atoms with Crippen LogP contribution in [0.15, 0.2) is 29.2 Å². The van der Waals surface area contributed by atoms with Crippen molar-refractivity contribution in [1.82, 2.24) is 9.78 Å². The minimum atomic E-state index is -0.625. The minimum absolute atomic E-state index is 0.0443. The smallest absolute Gasteiger partial charge is 0.287 e. The van der Waals surface area contributed by atoms with E-state index in [0.717, 1.165) is 10.2 Å². The molecule has 0 bridgehead atoms. The summed E-state index contributed by atoms with van der Waals surface area (Å²) < 4.78 is 6.23. The van der Waals surface area contributed by atoms with Gasteiger partial charge in [-0.25, -0.2) is 4.68 Å². The summed E-state index contributed by atoms with van der Waals surface area (Å²) >= 11 is 11.5. The van der Waals surface area contributed by atoms with E-state index >= 15 is 0 Å². The highest BCUT2D eigenvalue weighted by Crippen LogP contribution is 2.31. The number of hydrogen-bond acceptors (Lipinski definition) is 4. The fraction of sp³-hybridized carbons (Fsp3) is 0.353. The van der Waals surface area contributed by atoms with Crippen LogP contribution in [-0.4, -0.2) is 22.8 Å². The molecule has 134 valence electrons. The van der Waals surface area contributed by atoms with Gasteiger partial charge in [0.2, 0.25) is 5.91 Å². The van der Waals surface area contributed by atoms with Crippen molar-refractivity contribution in [2.75, 3.05) is 12.4 Å². The molecule has 0 aliphatic rings. The second-order valence-corrected chi connectivity index (χ2v) is 7.27. The van der Waals surface area contributed by atoms with Crippen molar-refractivity contribution >= 4 is 34.8 Å². The van der Waals surface area contributed by atoms with Crippen LogP contribution in [0, 0.1) is 0 Å². The number of anilines is 1. The summed E-state index contributed by atoms with van der Waals surface area (Å²) in [4.78, 5) is 24.3. The molecule has 1 heterocycles. The van der Waals surface area contributed by atoms with E-state index in [9.17, 15) is 9.59 Å². The minimum Gasteiger partial charge on any atom is -0.495 e. The SMILES string of the molecule is COc1ccc(C(C)(C)C)cc1NC(=O)Cn1ncc(Cl)c(Cl)c1=O. The second-order valence-electron chi connectivity index (χ2n) is 6.48. The van der Waals surface area contributed by atoms with Crippen molar-refractivity contribution in [3.8, 4) is 5.75 Å². The highest BCUT2D eigenvalue weighted by Gasteiger charge is 2.18. The first-order valence-corrected chi connectivity index (χ1v) is 8.28. The quantitative estimate of drug-likeness (QED) is 0.876. The van der Waals surface area contributed by atoms with Crippen LogP contribution in [0.25, 0.3) is 0 Å². The standard InChI is InChI=1S/C17H19Cl2N3O3/c1-17(2,3)10-5-6-13(25-4)12(7-10)21-14(23)9-22-16(24)15(19)11(18)8-20-22/h5-8H,9H2,1-4H3,(H,21,23). The summed E-state index contributed by atoms with van der Waals surface area (Å²) in [5, 5.41) is 6.43. The van der Waals surface area contributed by atoms with Crippen LogP contribution in [-0.2, 0) is 16.8 Å². The Bertz CT molecular complexity index is 857. The van der Waals surface area contributed by atoms with Gasteiger partial charge in [-0.05, 0) is 23.1 Å². The molecule has 0 atom stereocenters. The Hall–Kier alpha value is -2.05. The van der Waals surface area contributed by atoms with Crippen LogP contribution in [0.5, 0.6) is 5.75 Å². The number of benzene rings is 1. The maximum absolute atomic E-state index is 12.3. The van der Waals surface area contributed by atoms with Crippen molar-refractivity contribution in [1.29, 1.82) is 0 Å². The molecule has 6 nitrogen and oxygen atoms in total. The van der Waals surface area contributed by atoms with Gasteiger partial charge in [0.25, 0.3) is 5.56 Å². The topological polar surface area (TPSA) is 73.2 Å². The molecule has 0 aliphatic heterocycles. The number of amides is 1. The number of halogens is 2. The fourth-order valence-electron chi connectivity index (χ4n) is 2.16. The lowest BCUT2D eigenvalue weighted by molar-refractivity contribution is -0.117. The molecule has 1 aromatic heterocycles. The number of nitrogens with zero attached hydrogens (tertiary/aromatic N) is 2. The molecule has 0 fully saturated rings. The predicted octanol–water partition coefficient (Wildman–Crippen LogP) is 3.49. The van der Waals surface area contributed by atoms with Crippen molar-refractivity contribution in [3.63, 3.8) is 0 Å². The van der Waals surface area contributed by atoms with Gasteiger partial charge >= 0.3 is 0 Å². The van der Waals surface area contributed by atoms with E-state index in [1.165, 1.54) is 13.3 Å². The molecule has 0 radical (unpaired) electrons. The van der Waals surface area contributed by atoms with E-state index in [-0.39, 0.29) is 22.0 Å². The molecule has 0 saturated carbocycles. The number of methoxy groups -OCH3 is 1. The second kappa shape index (κ2) is 7.45. The highest BCUT2D eigenvalue weighted by atomic mass is 35.5. The zero-order valence-electron chi connectivity index (χ0n) is 14.4. The third kappa shape index (κ3) is 4.52. The van der Waals surface area contributed by atoms with Gasteiger partial charge in [-0.3, -0.25) is 9.59 Å². The molecular weight excluding hydrogens is 365 g/mol.